The van der Waals surface area contributed by atoms with Gasteiger partial charge in [0.2, 0.25) is 0 Å². The summed E-state index contributed by atoms with van der Waals surface area (Å²) in [6.45, 7) is 5.45. The molecule has 3 heteroatoms. The van der Waals surface area contributed by atoms with Gasteiger partial charge in [-0.3, -0.25) is 0 Å². The van der Waals surface area contributed by atoms with Crippen LogP contribution in [-0.2, 0) is 6.54 Å². The number of phenols is 1. The van der Waals surface area contributed by atoms with Crippen LogP contribution in [0.25, 0.3) is 0 Å². The van der Waals surface area contributed by atoms with Gasteiger partial charge >= 0.3 is 0 Å². The molecule has 1 aromatic carbocycles. The van der Waals surface area contributed by atoms with Gasteiger partial charge in [0.15, 0.2) is 0 Å². The molecule has 90 valence electrons. The number of nitrogens with one attached hydrogen (secondary N) is 1. The van der Waals surface area contributed by atoms with E-state index in [4.69, 9.17) is 0 Å². The highest BCUT2D eigenvalue weighted by molar-refractivity contribution is 5.26. The molecule has 0 aliphatic rings. The molecule has 0 aliphatic heterocycles. The predicted octanol–water partition coefficient (Wildman–Crippen LogP) is 1.89. The lowest BCUT2D eigenvalue weighted by atomic mass is 10.1. The molecule has 3 nitrogen and oxygen atoms in total. The van der Waals surface area contributed by atoms with Crippen LogP contribution in [0.5, 0.6) is 5.75 Å². The van der Waals surface area contributed by atoms with Crippen LogP contribution in [0.3, 0.4) is 0 Å². The van der Waals surface area contributed by atoms with E-state index in [2.05, 4.69) is 19.2 Å². The molecule has 16 heavy (non-hydrogen) atoms. The van der Waals surface area contributed by atoms with E-state index in [1.807, 2.05) is 12.1 Å². The Labute approximate surface area is 97.1 Å². The van der Waals surface area contributed by atoms with Crippen LogP contribution in [-0.4, -0.2) is 22.9 Å². The molecule has 3 N–H and O–H groups in total. The maximum atomic E-state index is 9.64. The SMILES string of the molecule is CC(C)CC(O)CNCc1cccc(O)c1. The Kier molecular flexibility index (Phi) is 5.29. The summed E-state index contributed by atoms with van der Waals surface area (Å²) < 4.78 is 0. The lowest BCUT2D eigenvalue weighted by Gasteiger charge is -2.13. The molecule has 0 spiro atoms. The van der Waals surface area contributed by atoms with Crippen molar-refractivity contribution in [3.05, 3.63) is 29.8 Å². The molecular formula is C13H21NO2. The second-order valence-corrected chi connectivity index (χ2v) is 4.58. The first-order valence-corrected chi connectivity index (χ1v) is 5.74. The minimum atomic E-state index is -0.294. The number of aliphatic hydroxyl groups excluding tert-OH is 1. The highest BCUT2D eigenvalue weighted by Crippen LogP contribution is 2.10. The summed E-state index contributed by atoms with van der Waals surface area (Å²) in [5.74, 6) is 0.791. The fraction of sp³-hybridized carbons (Fsp3) is 0.538. The van der Waals surface area contributed by atoms with Gasteiger partial charge in [0.05, 0.1) is 6.10 Å². The van der Waals surface area contributed by atoms with Gasteiger partial charge in [-0.25, -0.2) is 0 Å². The normalized spacial score (nSPS) is 13.0. The molecule has 0 aromatic heterocycles. The Hall–Kier alpha value is -1.06. The smallest absolute Gasteiger partial charge is 0.115 e. The van der Waals surface area contributed by atoms with Gasteiger partial charge in [0.25, 0.3) is 0 Å². The quantitative estimate of drug-likeness (QED) is 0.690. The maximum Gasteiger partial charge on any atom is 0.115 e. The molecule has 0 radical (unpaired) electrons. The minimum absolute atomic E-state index is 0.280. The van der Waals surface area contributed by atoms with Gasteiger partial charge in [0.1, 0.15) is 5.75 Å². The largest absolute Gasteiger partial charge is 0.508 e. The third-order valence-corrected chi connectivity index (χ3v) is 2.36. The fourth-order valence-electron chi connectivity index (χ4n) is 1.68. The molecule has 1 unspecified atom stereocenters. The third kappa shape index (κ3) is 5.14. The summed E-state index contributed by atoms with van der Waals surface area (Å²) in [5.41, 5.74) is 1.02. The summed E-state index contributed by atoms with van der Waals surface area (Å²) in [4.78, 5) is 0. The number of aromatic hydroxyl groups is 1. The highest BCUT2D eigenvalue weighted by atomic mass is 16.3. The Bertz CT molecular complexity index is 313. The average Bonchev–Trinajstić information content (AvgIpc) is 2.16. The van der Waals surface area contributed by atoms with Crippen LogP contribution in [0.2, 0.25) is 0 Å². The first-order valence-electron chi connectivity index (χ1n) is 5.74. The monoisotopic (exact) mass is 223 g/mol. The van der Waals surface area contributed by atoms with E-state index in [9.17, 15) is 10.2 Å². The van der Waals surface area contributed by atoms with Crippen LogP contribution >= 0.6 is 0 Å². The van der Waals surface area contributed by atoms with Gasteiger partial charge in [0, 0.05) is 13.1 Å². The van der Waals surface area contributed by atoms with Crippen molar-refractivity contribution in [1.29, 1.82) is 0 Å². The van der Waals surface area contributed by atoms with Crippen molar-refractivity contribution in [3.63, 3.8) is 0 Å². The zero-order chi connectivity index (χ0) is 12.0. The molecule has 1 rings (SSSR count). The fourth-order valence-corrected chi connectivity index (χ4v) is 1.68. The first-order chi connectivity index (χ1) is 7.58. The van der Waals surface area contributed by atoms with Crippen molar-refractivity contribution in [2.75, 3.05) is 6.54 Å². The zero-order valence-corrected chi connectivity index (χ0v) is 9.98. The molecule has 0 saturated carbocycles. The van der Waals surface area contributed by atoms with E-state index in [1.165, 1.54) is 0 Å². The lowest BCUT2D eigenvalue weighted by Crippen LogP contribution is -2.27. The average molecular weight is 223 g/mol. The van der Waals surface area contributed by atoms with Gasteiger partial charge in [-0.15, -0.1) is 0 Å². The van der Waals surface area contributed by atoms with Crippen LogP contribution in [0.4, 0.5) is 0 Å². The van der Waals surface area contributed by atoms with E-state index in [0.717, 1.165) is 12.0 Å². The topological polar surface area (TPSA) is 52.5 Å². The van der Waals surface area contributed by atoms with Crippen LogP contribution in [0.15, 0.2) is 24.3 Å². The van der Waals surface area contributed by atoms with E-state index in [0.29, 0.717) is 19.0 Å². The number of phenolic OH excluding ortho intramolecular Hbond substituents is 1. The lowest BCUT2D eigenvalue weighted by molar-refractivity contribution is 0.146. The highest BCUT2D eigenvalue weighted by Gasteiger charge is 2.05. The second-order valence-electron chi connectivity index (χ2n) is 4.58. The number of aliphatic hydroxyl groups is 1. The molecular weight excluding hydrogens is 202 g/mol. The molecule has 0 aliphatic carbocycles. The van der Waals surface area contributed by atoms with Gasteiger partial charge in [-0.05, 0) is 30.0 Å². The van der Waals surface area contributed by atoms with Gasteiger partial charge in [-0.2, -0.15) is 0 Å². The Morgan fingerprint density at radius 1 is 1.31 bits per heavy atom. The van der Waals surface area contributed by atoms with Gasteiger partial charge < -0.3 is 15.5 Å². The minimum Gasteiger partial charge on any atom is -0.508 e. The molecule has 1 atom stereocenters. The van der Waals surface area contributed by atoms with Crippen molar-refractivity contribution < 1.29 is 10.2 Å². The summed E-state index contributed by atoms with van der Waals surface area (Å²) in [7, 11) is 0. The van der Waals surface area contributed by atoms with Gasteiger partial charge in [-0.1, -0.05) is 26.0 Å². The van der Waals surface area contributed by atoms with E-state index >= 15 is 0 Å². The molecule has 1 aromatic rings. The van der Waals surface area contributed by atoms with Crippen molar-refractivity contribution in [3.8, 4) is 5.75 Å². The molecule has 0 amide bonds. The Morgan fingerprint density at radius 2 is 2.06 bits per heavy atom. The standard InChI is InChI=1S/C13H21NO2/c1-10(2)6-13(16)9-14-8-11-4-3-5-12(15)7-11/h3-5,7,10,13-16H,6,8-9H2,1-2H3. The summed E-state index contributed by atoms with van der Waals surface area (Å²) in [5, 5.41) is 22.1. The Morgan fingerprint density at radius 3 is 2.69 bits per heavy atom. The zero-order valence-electron chi connectivity index (χ0n) is 9.98. The maximum absolute atomic E-state index is 9.64. The van der Waals surface area contributed by atoms with Crippen LogP contribution < -0.4 is 5.32 Å². The number of benzene rings is 1. The summed E-state index contributed by atoms with van der Waals surface area (Å²) in [6, 6.07) is 7.14. The van der Waals surface area contributed by atoms with Crippen molar-refractivity contribution in [2.24, 2.45) is 5.92 Å². The van der Waals surface area contributed by atoms with Crippen LogP contribution in [0, 0.1) is 5.92 Å². The molecule has 0 fully saturated rings. The van der Waals surface area contributed by atoms with E-state index < -0.39 is 0 Å². The first kappa shape index (κ1) is 13.0. The number of hydrogen-bond donors (Lipinski definition) is 3. The Balaban J connectivity index is 2.25. The number of rotatable bonds is 6. The van der Waals surface area contributed by atoms with Crippen molar-refractivity contribution in [1.82, 2.24) is 5.32 Å². The third-order valence-electron chi connectivity index (χ3n) is 2.36. The van der Waals surface area contributed by atoms with E-state index in [1.54, 1.807) is 12.1 Å². The molecule has 0 heterocycles. The predicted molar refractivity (Wildman–Crippen MR) is 65.3 cm³/mol. The molecule has 0 saturated heterocycles. The van der Waals surface area contributed by atoms with Crippen molar-refractivity contribution in [2.45, 2.75) is 32.9 Å². The summed E-state index contributed by atoms with van der Waals surface area (Å²) in [6.07, 6.45) is 0.518. The number of hydrogen-bond acceptors (Lipinski definition) is 3. The van der Waals surface area contributed by atoms with E-state index in [-0.39, 0.29) is 11.9 Å². The second kappa shape index (κ2) is 6.51. The summed E-state index contributed by atoms with van der Waals surface area (Å²) >= 11 is 0. The van der Waals surface area contributed by atoms with Crippen molar-refractivity contribution >= 4 is 0 Å². The molecule has 0 bridgehead atoms. The van der Waals surface area contributed by atoms with Crippen LogP contribution in [0.1, 0.15) is 25.8 Å².